The molecule has 0 bridgehead atoms. The lowest BCUT2D eigenvalue weighted by atomic mass is 10.1. The quantitative estimate of drug-likeness (QED) is 0.674. The van der Waals surface area contributed by atoms with Gasteiger partial charge in [-0.1, -0.05) is 25.1 Å². The van der Waals surface area contributed by atoms with E-state index in [-0.39, 0.29) is 0 Å². The number of hydrogen-bond acceptors (Lipinski definition) is 4. The van der Waals surface area contributed by atoms with Gasteiger partial charge in [0.05, 0.1) is 30.1 Å². The van der Waals surface area contributed by atoms with Gasteiger partial charge in [-0.05, 0) is 48.4 Å². The van der Waals surface area contributed by atoms with Crippen LogP contribution in [0.25, 0.3) is 5.70 Å². The van der Waals surface area contributed by atoms with E-state index in [9.17, 15) is 0 Å². The summed E-state index contributed by atoms with van der Waals surface area (Å²) in [6.07, 6.45) is 2.92. The van der Waals surface area contributed by atoms with Crippen LogP contribution in [0, 0.1) is 11.3 Å². The maximum atomic E-state index is 8.90. The maximum Gasteiger partial charge on any atom is 0.119 e. The Labute approximate surface area is 131 Å². The predicted octanol–water partition coefficient (Wildman–Crippen LogP) is 3.70. The molecule has 0 heterocycles. The van der Waals surface area contributed by atoms with Gasteiger partial charge >= 0.3 is 0 Å². The molecule has 0 radical (unpaired) electrons. The Kier molecular flexibility index (Phi) is 5.18. The number of benzene rings is 2. The molecule has 0 fully saturated rings. The number of nitrogens with zero attached hydrogens (tertiary/aromatic N) is 2. The summed E-state index contributed by atoms with van der Waals surface area (Å²) in [7, 11) is 1.63. The Morgan fingerprint density at radius 3 is 2.32 bits per heavy atom. The third-order valence-corrected chi connectivity index (χ3v) is 3.32. The van der Waals surface area contributed by atoms with Crippen LogP contribution in [0.3, 0.4) is 0 Å². The molecule has 2 aromatic rings. The second-order valence-corrected chi connectivity index (χ2v) is 4.75. The van der Waals surface area contributed by atoms with Crippen molar-refractivity contribution in [1.82, 2.24) is 0 Å². The van der Waals surface area contributed by atoms with Gasteiger partial charge in [-0.3, -0.25) is 5.01 Å². The number of allylic oxidation sites excluding steroid dienone is 1. The minimum atomic E-state index is 0.632. The Balaban J connectivity index is 2.33. The average Bonchev–Trinajstić information content (AvgIpc) is 2.59. The lowest BCUT2D eigenvalue weighted by molar-refractivity contribution is 0.415. The highest BCUT2D eigenvalue weighted by molar-refractivity contribution is 5.78. The highest BCUT2D eigenvalue weighted by atomic mass is 16.5. The van der Waals surface area contributed by atoms with Crippen LogP contribution in [0.15, 0.2) is 54.6 Å². The van der Waals surface area contributed by atoms with Gasteiger partial charge in [-0.25, -0.2) is 5.84 Å². The molecule has 0 saturated carbocycles. The molecular weight excluding hydrogens is 274 g/mol. The summed E-state index contributed by atoms with van der Waals surface area (Å²) in [6.45, 7) is 2.06. The van der Waals surface area contributed by atoms with E-state index in [1.807, 2.05) is 36.4 Å². The van der Waals surface area contributed by atoms with Gasteiger partial charge in [0.15, 0.2) is 0 Å². The van der Waals surface area contributed by atoms with Crippen molar-refractivity contribution in [2.75, 3.05) is 12.1 Å². The molecule has 4 nitrogen and oxygen atoms in total. The topological polar surface area (TPSA) is 62.3 Å². The van der Waals surface area contributed by atoms with Crippen molar-refractivity contribution in [3.8, 4) is 11.8 Å². The van der Waals surface area contributed by atoms with Crippen molar-refractivity contribution in [3.63, 3.8) is 0 Å². The van der Waals surface area contributed by atoms with Crippen LogP contribution in [0.5, 0.6) is 5.75 Å². The summed E-state index contributed by atoms with van der Waals surface area (Å²) >= 11 is 0. The SMILES string of the molecule is CC/C=C(/c1ccc(C#N)cc1)N(N)c1ccc(OC)cc1. The number of hydrazine groups is 1. The van der Waals surface area contributed by atoms with Crippen LogP contribution in [-0.4, -0.2) is 7.11 Å². The molecule has 2 rings (SSSR count). The Morgan fingerprint density at radius 1 is 1.18 bits per heavy atom. The summed E-state index contributed by atoms with van der Waals surface area (Å²) in [5.41, 5.74) is 3.37. The summed E-state index contributed by atoms with van der Waals surface area (Å²) < 4.78 is 5.16. The van der Waals surface area contributed by atoms with Gasteiger partial charge in [-0.2, -0.15) is 5.26 Å². The minimum absolute atomic E-state index is 0.632. The fraction of sp³-hybridized carbons (Fsp3) is 0.167. The number of ether oxygens (including phenoxy) is 1. The average molecular weight is 293 g/mol. The number of methoxy groups -OCH3 is 1. The molecule has 0 aliphatic rings. The van der Waals surface area contributed by atoms with Gasteiger partial charge in [0.2, 0.25) is 0 Å². The molecular formula is C18H19N3O. The van der Waals surface area contributed by atoms with Gasteiger partial charge in [-0.15, -0.1) is 0 Å². The smallest absolute Gasteiger partial charge is 0.119 e. The van der Waals surface area contributed by atoms with Crippen molar-refractivity contribution in [1.29, 1.82) is 5.26 Å². The summed E-state index contributed by atoms with van der Waals surface area (Å²) in [4.78, 5) is 0. The molecule has 0 atom stereocenters. The van der Waals surface area contributed by atoms with E-state index in [1.54, 1.807) is 24.3 Å². The third-order valence-electron chi connectivity index (χ3n) is 3.32. The van der Waals surface area contributed by atoms with E-state index in [0.717, 1.165) is 29.1 Å². The van der Waals surface area contributed by atoms with Crippen LogP contribution in [0.1, 0.15) is 24.5 Å². The van der Waals surface area contributed by atoms with Crippen LogP contribution in [-0.2, 0) is 0 Å². The summed E-state index contributed by atoms with van der Waals surface area (Å²) in [5.74, 6) is 7.07. The van der Waals surface area contributed by atoms with Gasteiger partial charge in [0, 0.05) is 0 Å². The Hall–Kier alpha value is -2.77. The maximum absolute atomic E-state index is 8.90. The molecule has 0 aromatic heterocycles. The van der Waals surface area contributed by atoms with Crippen molar-refractivity contribution >= 4 is 11.4 Å². The number of nitrogens with two attached hydrogens (primary N) is 1. The van der Waals surface area contributed by atoms with Gasteiger partial charge in [0.1, 0.15) is 5.75 Å². The molecule has 0 saturated heterocycles. The highest BCUT2D eigenvalue weighted by Crippen LogP contribution is 2.25. The first-order valence-electron chi connectivity index (χ1n) is 7.09. The van der Waals surface area contributed by atoms with Crippen molar-refractivity contribution in [2.45, 2.75) is 13.3 Å². The molecule has 0 unspecified atom stereocenters. The van der Waals surface area contributed by atoms with Crippen LogP contribution < -0.4 is 15.6 Å². The third kappa shape index (κ3) is 3.46. The molecule has 22 heavy (non-hydrogen) atoms. The Bertz CT molecular complexity index is 682. The monoisotopic (exact) mass is 293 g/mol. The van der Waals surface area contributed by atoms with E-state index in [2.05, 4.69) is 19.1 Å². The van der Waals surface area contributed by atoms with E-state index >= 15 is 0 Å². The largest absolute Gasteiger partial charge is 0.497 e. The van der Waals surface area contributed by atoms with E-state index in [0.29, 0.717) is 5.56 Å². The second kappa shape index (κ2) is 7.30. The molecule has 4 heteroatoms. The number of hydrogen-bond donors (Lipinski definition) is 1. The summed E-state index contributed by atoms with van der Waals surface area (Å²) in [6, 6.07) is 17.1. The molecule has 0 aliphatic carbocycles. The van der Waals surface area contributed by atoms with E-state index in [4.69, 9.17) is 15.8 Å². The van der Waals surface area contributed by atoms with Crippen molar-refractivity contribution in [2.24, 2.45) is 5.84 Å². The number of anilines is 1. The molecule has 112 valence electrons. The van der Waals surface area contributed by atoms with E-state index in [1.165, 1.54) is 0 Å². The zero-order chi connectivity index (χ0) is 15.9. The van der Waals surface area contributed by atoms with Gasteiger partial charge < -0.3 is 4.74 Å². The molecule has 0 amide bonds. The van der Waals surface area contributed by atoms with Crippen LogP contribution >= 0.6 is 0 Å². The zero-order valence-corrected chi connectivity index (χ0v) is 12.8. The van der Waals surface area contributed by atoms with E-state index < -0.39 is 0 Å². The molecule has 0 spiro atoms. The first-order chi connectivity index (χ1) is 10.7. The number of nitriles is 1. The molecule has 2 aromatic carbocycles. The molecule has 0 aliphatic heterocycles. The van der Waals surface area contributed by atoms with Crippen LogP contribution in [0.2, 0.25) is 0 Å². The lowest BCUT2D eigenvalue weighted by Gasteiger charge is -2.23. The first-order valence-corrected chi connectivity index (χ1v) is 7.09. The van der Waals surface area contributed by atoms with Crippen molar-refractivity contribution in [3.05, 3.63) is 65.7 Å². The van der Waals surface area contributed by atoms with Gasteiger partial charge in [0.25, 0.3) is 0 Å². The zero-order valence-electron chi connectivity index (χ0n) is 12.8. The fourth-order valence-corrected chi connectivity index (χ4v) is 2.15. The standard InChI is InChI=1S/C18H19N3O/c1-3-4-18(15-7-5-14(13-19)6-8-15)21(20)16-9-11-17(22-2)12-10-16/h4-12H,3,20H2,1-2H3/b18-4-. The normalized spacial score (nSPS) is 10.9. The first kappa shape index (κ1) is 15.6. The predicted molar refractivity (Wildman–Crippen MR) is 89.1 cm³/mol. The van der Waals surface area contributed by atoms with Crippen molar-refractivity contribution < 1.29 is 4.74 Å². The molecule has 2 N–H and O–H groups in total. The fourth-order valence-electron chi connectivity index (χ4n) is 2.15. The summed E-state index contributed by atoms with van der Waals surface area (Å²) in [5, 5.41) is 10.5. The lowest BCUT2D eigenvalue weighted by Crippen LogP contribution is -2.29. The van der Waals surface area contributed by atoms with Crippen LogP contribution in [0.4, 0.5) is 5.69 Å². The highest BCUT2D eigenvalue weighted by Gasteiger charge is 2.10. The minimum Gasteiger partial charge on any atom is -0.497 e. The Morgan fingerprint density at radius 2 is 1.82 bits per heavy atom. The second-order valence-electron chi connectivity index (χ2n) is 4.75. The number of rotatable bonds is 5.